The number of Topliss-reactive ketones (excluding diaryl/α,β-unsaturated/α-hetero) is 1. The average Bonchev–Trinajstić information content (AvgIpc) is 2.85. The van der Waals surface area contributed by atoms with Gasteiger partial charge in [0.25, 0.3) is 0 Å². The lowest BCUT2D eigenvalue weighted by Crippen LogP contribution is -2.48. The Morgan fingerprint density at radius 2 is 1.90 bits per heavy atom. The standard InChI is InChI=1S/C13H13FO5S/c14-13(12(16)17,9-6-7-10(15)8-9)20(18,19)11-4-2-1-3-5-11/h1-5,9H,6-8H2,(H,16,17). The largest absolute Gasteiger partial charge is 0.478 e. The van der Waals surface area contributed by atoms with Crippen LogP contribution in [-0.2, 0) is 19.4 Å². The Morgan fingerprint density at radius 3 is 2.35 bits per heavy atom. The molecule has 1 aromatic carbocycles. The van der Waals surface area contributed by atoms with Crippen molar-refractivity contribution in [2.75, 3.05) is 0 Å². The van der Waals surface area contributed by atoms with E-state index in [0.29, 0.717) is 0 Å². The first-order valence-electron chi connectivity index (χ1n) is 6.04. The van der Waals surface area contributed by atoms with Gasteiger partial charge in [0.15, 0.2) is 0 Å². The second-order valence-corrected chi connectivity index (χ2v) is 6.82. The summed E-state index contributed by atoms with van der Waals surface area (Å²) in [4.78, 5) is 22.1. The van der Waals surface area contributed by atoms with Crippen molar-refractivity contribution in [3.63, 3.8) is 0 Å². The molecular formula is C13H13FO5S. The van der Waals surface area contributed by atoms with E-state index in [9.17, 15) is 22.4 Å². The second-order valence-electron chi connectivity index (χ2n) is 4.75. The highest BCUT2D eigenvalue weighted by Crippen LogP contribution is 2.42. The fraction of sp³-hybridized carbons (Fsp3) is 0.385. The van der Waals surface area contributed by atoms with Crippen LogP contribution in [0.1, 0.15) is 19.3 Å². The number of ketones is 1. The summed E-state index contributed by atoms with van der Waals surface area (Å²) in [6.07, 6.45) is -0.434. The summed E-state index contributed by atoms with van der Waals surface area (Å²) in [7, 11) is -4.73. The molecule has 0 aromatic heterocycles. The zero-order valence-corrected chi connectivity index (χ0v) is 11.3. The van der Waals surface area contributed by atoms with Gasteiger partial charge in [-0.25, -0.2) is 17.6 Å². The molecule has 1 aliphatic rings. The van der Waals surface area contributed by atoms with E-state index in [-0.39, 0.29) is 25.0 Å². The van der Waals surface area contributed by atoms with E-state index in [0.717, 1.165) is 12.1 Å². The number of sulfone groups is 1. The van der Waals surface area contributed by atoms with Gasteiger partial charge in [-0.3, -0.25) is 4.79 Å². The molecule has 5 nitrogen and oxygen atoms in total. The summed E-state index contributed by atoms with van der Waals surface area (Å²) in [5, 5.41) is 5.64. The molecule has 0 bridgehead atoms. The molecule has 0 amide bonds. The minimum Gasteiger partial charge on any atom is -0.478 e. The molecule has 7 heteroatoms. The number of halogens is 1. The number of aliphatic carboxylic acids is 1. The Kier molecular flexibility index (Phi) is 3.64. The molecule has 0 heterocycles. The van der Waals surface area contributed by atoms with Gasteiger partial charge in [-0.2, -0.15) is 0 Å². The van der Waals surface area contributed by atoms with Crippen LogP contribution in [-0.4, -0.2) is 30.3 Å². The van der Waals surface area contributed by atoms with Crippen molar-refractivity contribution in [1.82, 2.24) is 0 Å². The van der Waals surface area contributed by atoms with Crippen LogP contribution in [0, 0.1) is 5.92 Å². The van der Waals surface area contributed by atoms with Crippen molar-refractivity contribution in [3.05, 3.63) is 30.3 Å². The summed E-state index contributed by atoms with van der Waals surface area (Å²) in [6.45, 7) is 0. The van der Waals surface area contributed by atoms with E-state index in [4.69, 9.17) is 5.11 Å². The number of hydrogen-bond donors (Lipinski definition) is 1. The van der Waals surface area contributed by atoms with E-state index >= 15 is 0 Å². The first-order valence-corrected chi connectivity index (χ1v) is 7.52. The third kappa shape index (κ3) is 2.11. The molecule has 1 saturated carbocycles. The minimum atomic E-state index is -4.73. The number of carboxylic acids is 1. The zero-order chi connectivity index (χ0) is 15.0. The summed E-state index contributed by atoms with van der Waals surface area (Å²) in [5.74, 6) is -3.74. The first-order chi connectivity index (χ1) is 9.30. The van der Waals surface area contributed by atoms with Crippen molar-refractivity contribution in [2.24, 2.45) is 5.92 Å². The SMILES string of the molecule is O=C1CCC(C(F)(C(=O)O)S(=O)(=O)c2ccccc2)C1. The third-order valence-electron chi connectivity index (χ3n) is 3.51. The molecule has 2 rings (SSSR count). The number of carbonyl (C=O) groups is 2. The summed E-state index contributed by atoms with van der Waals surface area (Å²) < 4.78 is 39.6. The Labute approximate surface area is 115 Å². The minimum absolute atomic E-state index is 0.00786. The molecule has 20 heavy (non-hydrogen) atoms. The van der Waals surface area contributed by atoms with Crippen LogP contribution in [0.15, 0.2) is 35.2 Å². The molecule has 2 unspecified atom stereocenters. The summed E-state index contributed by atoms with van der Waals surface area (Å²) in [5.41, 5.74) is 0. The molecule has 1 N–H and O–H groups in total. The Morgan fingerprint density at radius 1 is 1.30 bits per heavy atom. The third-order valence-corrected chi connectivity index (χ3v) is 5.69. The van der Waals surface area contributed by atoms with E-state index in [1.807, 2.05) is 0 Å². The monoisotopic (exact) mass is 300 g/mol. The maximum Gasteiger partial charge on any atom is 0.358 e. The topological polar surface area (TPSA) is 88.5 Å². The molecule has 1 fully saturated rings. The van der Waals surface area contributed by atoms with E-state index < -0.39 is 31.6 Å². The number of benzene rings is 1. The number of hydrogen-bond acceptors (Lipinski definition) is 4. The average molecular weight is 300 g/mol. The smallest absolute Gasteiger partial charge is 0.358 e. The van der Waals surface area contributed by atoms with Crippen molar-refractivity contribution in [1.29, 1.82) is 0 Å². The fourth-order valence-corrected chi connectivity index (χ4v) is 4.14. The Bertz CT molecular complexity index is 640. The highest BCUT2D eigenvalue weighted by atomic mass is 32.2. The van der Waals surface area contributed by atoms with Gasteiger partial charge >= 0.3 is 11.0 Å². The zero-order valence-electron chi connectivity index (χ0n) is 10.5. The Balaban J connectivity index is 2.54. The van der Waals surface area contributed by atoms with E-state index in [1.165, 1.54) is 12.1 Å². The number of rotatable bonds is 4. The molecule has 0 spiro atoms. The number of alkyl halides is 1. The lowest BCUT2D eigenvalue weighted by atomic mass is 10.0. The molecule has 0 aliphatic heterocycles. The van der Waals surface area contributed by atoms with Gasteiger partial charge in [0.1, 0.15) is 5.78 Å². The van der Waals surface area contributed by atoms with Crippen LogP contribution in [0.4, 0.5) is 4.39 Å². The van der Waals surface area contributed by atoms with Crippen LogP contribution >= 0.6 is 0 Å². The summed E-state index contributed by atoms with van der Waals surface area (Å²) in [6, 6.07) is 6.59. The second kappa shape index (κ2) is 4.97. The molecule has 108 valence electrons. The van der Waals surface area contributed by atoms with Crippen LogP contribution in [0.25, 0.3) is 0 Å². The van der Waals surface area contributed by atoms with E-state index in [1.54, 1.807) is 6.07 Å². The van der Waals surface area contributed by atoms with Crippen molar-refractivity contribution in [3.8, 4) is 0 Å². The molecule has 0 radical (unpaired) electrons. The maximum atomic E-state index is 14.9. The van der Waals surface area contributed by atoms with Gasteiger partial charge in [0.2, 0.25) is 9.84 Å². The predicted molar refractivity (Wildman–Crippen MR) is 67.5 cm³/mol. The van der Waals surface area contributed by atoms with E-state index in [2.05, 4.69) is 0 Å². The van der Waals surface area contributed by atoms with Crippen molar-refractivity contribution < 1.29 is 27.5 Å². The lowest BCUT2D eigenvalue weighted by Gasteiger charge is -2.26. The van der Waals surface area contributed by atoms with Crippen molar-refractivity contribution >= 4 is 21.6 Å². The highest BCUT2D eigenvalue weighted by Gasteiger charge is 2.59. The van der Waals surface area contributed by atoms with Gasteiger partial charge < -0.3 is 5.11 Å². The van der Waals surface area contributed by atoms with Crippen molar-refractivity contribution in [2.45, 2.75) is 29.2 Å². The van der Waals surface area contributed by atoms with Gasteiger partial charge in [-0.1, -0.05) is 18.2 Å². The first kappa shape index (κ1) is 14.6. The maximum absolute atomic E-state index is 14.9. The van der Waals surface area contributed by atoms with Gasteiger partial charge in [-0.05, 0) is 18.6 Å². The number of carbonyl (C=O) groups excluding carboxylic acids is 1. The summed E-state index contributed by atoms with van der Waals surface area (Å²) >= 11 is 0. The fourth-order valence-electron chi connectivity index (χ4n) is 2.41. The van der Waals surface area contributed by atoms with Crippen LogP contribution < -0.4 is 0 Å². The molecule has 2 atom stereocenters. The molecule has 1 aliphatic carbocycles. The van der Waals surface area contributed by atoms with Crippen LogP contribution in [0.5, 0.6) is 0 Å². The molecule has 0 saturated heterocycles. The van der Waals surface area contributed by atoms with Gasteiger partial charge in [-0.15, -0.1) is 0 Å². The van der Waals surface area contributed by atoms with Crippen LogP contribution in [0.3, 0.4) is 0 Å². The van der Waals surface area contributed by atoms with Gasteiger partial charge in [0, 0.05) is 18.8 Å². The lowest BCUT2D eigenvalue weighted by molar-refractivity contribution is -0.147. The quantitative estimate of drug-likeness (QED) is 0.912. The molecule has 1 aromatic rings. The van der Waals surface area contributed by atoms with Gasteiger partial charge in [0.05, 0.1) is 4.90 Å². The number of carboxylic acid groups (broad SMARTS) is 1. The highest BCUT2D eigenvalue weighted by molar-refractivity contribution is 7.93. The predicted octanol–water partition coefficient (Wildman–Crippen LogP) is 1.58. The Hall–Kier alpha value is -1.76. The normalized spacial score (nSPS) is 22.4. The van der Waals surface area contributed by atoms with Crippen LogP contribution in [0.2, 0.25) is 0 Å². The molecular weight excluding hydrogens is 287 g/mol.